The fourth-order valence-corrected chi connectivity index (χ4v) is 3.37. The average molecular weight is 384 g/mol. The number of nitrogens with zero attached hydrogens (tertiary/aromatic N) is 1. The predicted octanol–water partition coefficient (Wildman–Crippen LogP) is 4.91. The molecule has 0 aromatic heterocycles. The van der Waals surface area contributed by atoms with Gasteiger partial charge in [0.2, 0.25) is 5.91 Å². The summed E-state index contributed by atoms with van der Waals surface area (Å²) < 4.78 is 5.81. The molecule has 0 spiro atoms. The lowest BCUT2D eigenvalue weighted by atomic mass is 10.1. The number of rotatable bonds is 7. The van der Waals surface area contributed by atoms with Crippen LogP contribution in [0.1, 0.15) is 36.0 Å². The summed E-state index contributed by atoms with van der Waals surface area (Å²) in [5.41, 5.74) is 6.79. The van der Waals surface area contributed by atoms with Gasteiger partial charge in [0.25, 0.3) is 0 Å². The molecule has 1 amide bonds. The molecule has 29 heavy (non-hydrogen) atoms. The van der Waals surface area contributed by atoms with E-state index in [1.807, 2.05) is 79.7 Å². The van der Waals surface area contributed by atoms with Gasteiger partial charge in [-0.15, -0.1) is 0 Å². The highest BCUT2D eigenvalue weighted by atomic mass is 16.5. The van der Waals surface area contributed by atoms with E-state index in [0.29, 0.717) is 12.5 Å². The Balaban J connectivity index is 1.29. The summed E-state index contributed by atoms with van der Waals surface area (Å²) in [4.78, 5) is 12.4. The molecule has 2 unspecified atom stereocenters. The first-order valence-electron chi connectivity index (χ1n) is 9.87. The third kappa shape index (κ3) is 4.91. The normalized spacial score (nSPS) is 18.2. The number of benzene rings is 3. The minimum Gasteiger partial charge on any atom is -0.489 e. The van der Waals surface area contributed by atoms with Crippen LogP contribution in [0.15, 0.2) is 90.0 Å². The number of carbonyl (C=O) groups excluding carboxylic acids is 1. The van der Waals surface area contributed by atoms with Crippen LogP contribution in [-0.4, -0.2) is 11.6 Å². The molecule has 1 N–H and O–H groups in total. The summed E-state index contributed by atoms with van der Waals surface area (Å²) in [5, 5.41) is 4.28. The van der Waals surface area contributed by atoms with Crippen molar-refractivity contribution in [1.82, 2.24) is 5.43 Å². The van der Waals surface area contributed by atoms with E-state index in [1.54, 1.807) is 0 Å². The van der Waals surface area contributed by atoms with E-state index in [1.165, 1.54) is 5.56 Å². The SMILES string of the molecule is C/C(=N\NC(=O)C1CC1c1ccccc1)c1ccc(OCc2ccccc2)cc1. The first kappa shape index (κ1) is 18.9. The molecule has 4 nitrogen and oxygen atoms in total. The third-order valence-electron chi connectivity index (χ3n) is 5.21. The van der Waals surface area contributed by atoms with Crippen molar-refractivity contribution in [3.05, 3.63) is 102 Å². The van der Waals surface area contributed by atoms with Gasteiger partial charge in [0.15, 0.2) is 0 Å². The van der Waals surface area contributed by atoms with E-state index in [9.17, 15) is 4.79 Å². The third-order valence-corrected chi connectivity index (χ3v) is 5.21. The fourth-order valence-electron chi connectivity index (χ4n) is 3.37. The number of nitrogens with one attached hydrogen (secondary N) is 1. The van der Waals surface area contributed by atoms with Crippen molar-refractivity contribution in [3.8, 4) is 5.75 Å². The minimum atomic E-state index is -0.0129. The molecule has 1 fully saturated rings. The Morgan fingerprint density at radius 1 is 0.966 bits per heavy atom. The Morgan fingerprint density at radius 3 is 2.31 bits per heavy atom. The number of carbonyl (C=O) groups is 1. The van der Waals surface area contributed by atoms with Crippen molar-refractivity contribution in [2.45, 2.75) is 25.9 Å². The van der Waals surface area contributed by atoms with Gasteiger partial charge in [-0.2, -0.15) is 5.10 Å². The van der Waals surface area contributed by atoms with Crippen molar-refractivity contribution in [3.63, 3.8) is 0 Å². The molecular weight excluding hydrogens is 360 g/mol. The highest BCUT2D eigenvalue weighted by Crippen LogP contribution is 2.47. The van der Waals surface area contributed by atoms with Crippen LogP contribution >= 0.6 is 0 Å². The molecule has 1 aliphatic carbocycles. The number of amides is 1. The number of hydrazone groups is 1. The maximum atomic E-state index is 12.4. The van der Waals surface area contributed by atoms with E-state index >= 15 is 0 Å². The maximum Gasteiger partial charge on any atom is 0.243 e. The number of ether oxygens (including phenoxy) is 1. The van der Waals surface area contributed by atoms with E-state index in [0.717, 1.165) is 29.0 Å². The molecule has 3 aromatic rings. The highest BCUT2D eigenvalue weighted by molar-refractivity contribution is 5.99. The van der Waals surface area contributed by atoms with Crippen LogP contribution in [0.2, 0.25) is 0 Å². The summed E-state index contributed by atoms with van der Waals surface area (Å²) in [5.74, 6) is 1.12. The van der Waals surface area contributed by atoms with Gasteiger partial charge in [-0.25, -0.2) is 5.43 Å². The monoisotopic (exact) mass is 384 g/mol. The number of hydrogen-bond donors (Lipinski definition) is 1. The molecule has 0 aliphatic heterocycles. The van der Waals surface area contributed by atoms with E-state index in [-0.39, 0.29) is 11.8 Å². The van der Waals surface area contributed by atoms with Crippen LogP contribution < -0.4 is 10.2 Å². The van der Waals surface area contributed by atoms with Gasteiger partial charge >= 0.3 is 0 Å². The smallest absolute Gasteiger partial charge is 0.243 e. The summed E-state index contributed by atoms with van der Waals surface area (Å²) in [7, 11) is 0. The van der Waals surface area contributed by atoms with E-state index < -0.39 is 0 Å². The van der Waals surface area contributed by atoms with Gasteiger partial charge in [0, 0.05) is 5.92 Å². The van der Waals surface area contributed by atoms with E-state index in [4.69, 9.17) is 4.74 Å². The van der Waals surface area contributed by atoms with Crippen molar-refractivity contribution in [2.75, 3.05) is 0 Å². The van der Waals surface area contributed by atoms with Crippen LogP contribution in [0.5, 0.6) is 5.75 Å². The quantitative estimate of drug-likeness (QED) is 0.465. The second-order valence-corrected chi connectivity index (χ2v) is 7.33. The zero-order valence-corrected chi connectivity index (χ0v) is 16.4. The molecule has 1 saturated carbocycles. The summed E-state index contributed by atoms with van der Waals surface area (Å²) >= 11 is 0. The summed E-state index contributed by atoms with van der Waals surface area (Å²) in [6.07, 6.45) is 0.887. The Labute approximate surface area is 171 Å². The van der Waals surface area contributed by atoms with Gasteiger partial charge in [0.1, 0.15) is 12.4 Å². The predicted molar refractivity (Wildman–Crippen MR) is 115 cm³/mol. The lowest BCUT2D eigenvalue weighted by Crippen LogP contribution is -2.21. The lowest BCUT2D eigenvalue weighted by Gasteiger charge is -2.08. The van der Waals surface area contributed by atoms with E-state index in [2.05, 4.69) is 22.7 Å². The molecule has 4 heteroatoms. The van der Waals surface area contributed by atoms with Crippen LogP contribution in [0.3, 0.4) is 0 Å². The topological polar surface area (TPSA) is 50.7 Å². The van der Waals surface area contributed by atoms with Crippen LogP contribution in [0.25, 0.3) is 0 Å². The molecule has 2 atom stereocenters. The van der Waals surface area contributed by atoms with Gasteiger partial charge in [0.05, 0.1) is 5.71 Å². The Bertz CT molecular complexity index is 982. The Hall–Kier alpha value is -3.40. The molecule has 3 aromatic carbocycles. The molecule has 0 radical (unpaired) electrons. The Kier molecular flexibility index (Phi) is 5.71. The largest absolute Gasteiger partial charge is 0.489 e. The zero-order chi connectivity index (χ0) is 20.1. The fraction of sp³-hybridized carbons (Fsp3) is 0.200. The van der Waals surface area contributed by atoms with Crippen LogP contribution in [-0.2, 0) is 11.4 Å². The van der Waals surface area contributed by atoms with Crippen molar-refractivity contribution < 1.29 is 9.53 Å². The van der Waals surface area contributed by atoms with Gasteiger partial charge in [-0.1, -0.05) is 60.7 Å². The van der Waals surface area contributed by atoms with Gasteiger partial charge < -0.3 is 4.74 Å². The van der Waals surface area contributed by atoms with Crippen molar-refractivity contribution in [2.24, 2.45) is 11.0 Å². The second kappa shape index (κ2) is 8.74. The standard InChI is InChI=1S/C25H24N2O2/c1-18(26-27-25(28)24-16-23(24)21-10-6-3-7-11-21)20-12-14-22(15-13-20)29-17-19-8-4-2-5-9-19/h2-15,23-24H,16-17H2,1H3,(H,27,28)/b26-18+. The molecule has 1 aliphatic rings. The molecule has 0 saturated heterocycles. The average Bonchev–Trinajstić information content (AvgIpc) is 3.59. The van der Waals surface area contributed by atoms with Crippen molar-refractivity contribution >= 4 is 11.6 Å². The maximum absolute atomic E-state index is 12.4. The van der Waals surface area contributed by atoms with Gasteiger partial charge in [-0.05, 0) is 60.2 Å². The minimum absolute atomic E-state index is 0.0129. The Morgan fingerprint density at radius 2 is 1.62 bits per heavy atom. The molecule has 146 valence electrons. The molecule has 4 rings (SSSR count). The van der Waals surface area contributed by atoms with Crippen LogP contribution in [0.4, 0.5) is 0 Å². The highest BCUT2D eigenvalue weighted by Gasteiger charge is 2.43. The van der Waals surface area contributed by atoms with Crippen LogP contribution in [0, 0.1) is 5.92 Å². The first-order valence-corrected chi connectivity index (χ1v) is 9.87. The first-order chi connectivity index (χ1) is 14.2. The summed E-state index contributed by atoms with van der Waals surface area (Å²) in [6, 6.07) is 28.0. The van der Waals surface area contributed by atoms with Crippen molar-refractivity contribution in [1.29, 1.82) is 0 Å². The lowest BCUT2D eigenvalue weighted by molar-refractivity contribution is -0.122. The summed E-state index contributed by atoms with van der Waals surface area (Å²) in [6.45, 7) is 2.43. The zero-order valence-electron chi connectivity index (χ0n) is 16.4. The molecule has 0 bridgehead atoms. The second-order valence-electron chi connectivity index (χ2n) is 7.33. The molecular formula is C25H24N2O2. The molecule has 0 heterocycles. The number of hydrogen-bond acceptors (Lipinski definition) is 3. The van der Waals surface area contributed by atoms with Gasteiger partial charge in [-0.3, -0.25) is 4.79 Å².